The summed E-state index contributed by atoms with van der Waals surface area (Å²) >= 11 is 1.77. The van der Waals surface area contributed by atoms with Gasteiger partial charge in [-0.2, -0.15) is 0 Å². The molecular formula is C12H12NS+. The molecule has 0 amide bonds. The largest absolute Gasteiger partial charge is 0.325 e. The molecule has 0 unspecified atom stereocenters. The van der Waals surface area contributed by atoms with E-state index in [1.807, 2.05) is 18.2 Å². The highest BCUT2D eigenvalue weighted by Gasteiger charge is 1.96. The van der Waals surface area contributed by atoms with Gasteiger partial charge in [0.1, 0.15) is 5.69 Å². The lowest BCUT2D eigenvalue weighted by atomic mass is 10.3. The van der Waals surface area contributed by atoms with E-state index < -0.39 is 0 Å². The lowest BCUT2D eigenvalue weighted by Gasteiger charge is -2.00. The summed E-state index contributed by atoms with van der Waals surface area (Å²) in [5, 5.41) is 0. The smallest absolute Gasteiger partial charge is 0.127 e. The minimum absolute atomic E-state index is 1.06. The average Bonchev–Trinajstić information content (AvgIpc) is 2.23. The fraction of sp³-hybridized carbons (Fsp3) is 0. The van der Waals surface area contributed by atoms with Crippen molar-refractivity contribution in [1.29, 1.82) is 0 Å². The maximum Gasteiger partial charge on any atom is 0.127 e. The SMILES string of the molecule is [NH3+]c1ccc(Sc2ccccc2)cc1. The second-order valence-corrected chi connectivity index (χ2v) is 4.21. The number of hydrogen-bond acceptors (Lipinski definition) is 1. The maximum absolute atomic E-state index is 3.86. The van der Waals surface area contributed by atoms with Gasteiger partial charge in [0.25, 0.3) is 0 Å². The molecule has 0 saturated carbocycles. The van der Waals surface area contributed by atoms with Crippen molar-refractivity contribution < 1.29 is 5.73 Å². The fourth-order valence-electron chi connectivity index (χ4n) is 1.18. The van der Waals surface area contributed by atoms with Gasteiger partial charge in [0.05, 0.1) is 0 Å². The first kappa shape index (κ1) is 9.31. The number of rotatable bonds is 2. The van der Waals surface area contributed by atoms with E-state index in [2.05, 4.69) is 42.1 Å². The molecule has 3 N–H and O–H groups in total. The molecule has 0 aromatic heterocycles. The first-order chi connectivity index (χ1) is 6.84. The van der Waals surface area contributed by atoms with E-state index in [9.17, 15) is 0 Å². The van der Waals surface area contributed by atoms with Gasteiger partial charge in [-0.25, -0.2) is 0 Å². The molecule has 2 rings (SSSR count). The minimum Gasteiger partial charge on any atom is -0.325 e. The van der Waals surface area contributed by atoms with Crippen molar-refractivity contribution in [2.75, 3.05) is 0 Å². The second kappa shape index (κ2) is 4.31. The van der Waals surface area contributed by atoms with Crippen LogP contribution in [0.25, 0.3) is 0 Å². The monoisotopic (exact) mass is 202 g/mol. The van der Waals surface area contributed by atoms with Crippen LogP contribution in [0.3, 0.4) is 0 Å². The summed E-state index contributed by atoms with van der Waals surface area (Å²) in [6.07, 6.45) is 0. The molecular weight excluding hydrogens is 190 g/mol. The van der Waals surface area contributed by atoms with E-state index in [1.54, 1.807) is 11.8 Å². The summed E-state index contributed by atoms with van der Waals surface area (Å²) in [7, 11) is 0. The lowest BCUT2D eigenvalue weighted by Crippen LogP contribution is -2.39. The van der Waals surface area contributed by atoms with Gasteiger partial charge < -0.3 is 5.73 Å². The van der Waals surface area contributed by atoms with E-state index in [0.29, 0.717) is 0 Å². The zero-order valence-corrected chi connectivity index (χ0v) is 8.63. The van der Waals surface area contributed by atoms with Gasteiger partial charge in [-0.15, -0.1) is 0 Å². The van der Waals surface area contributed by atoms with Crippen molar-refractivity contribution in [3.05, 3.63) is 54.6 Å². The quantitative estimate of drug-likeness (QED) is 0.796. The van der Waals surface area contributed by atoms with Crippen molar-refractivity contribution in [3.8, 4) is 0 Å². The van der Waals surface area contributed by atoms with Crippen LogP contribution >= 0.6 is 11.8 Å². The van der Waals surface area contributed by atoms with E-state index in [4.69, 9.17) is 0 Å². The molecule has 14 heavy (non-hydrogen) atoms. The average molecular weight is 202 g/mol. The third kappa shape index (κ3) is 2.37. The third-order valence-electron chi connectivity index (χ3n) is 1.90. The number of hydrogen-bond donors (Lipinski definition) is 1. The molecule has 2 aromatic carbocycles. The first-order valence-electron chi connectivity index (χ1n) is 4.49. The molecule has 70 valence electrons. The van der Waals surface area contributed by atoms with E-state index in [-0.39, 0.29) is 0 Å². The van der Waals surface area contributed by atoms with Crippen LogP contribution in [0.5, 0.6) is 0 Å². The molecule has 1 nitrogen and oxygen atoms in total. The molecule has 2 heteroatoms. The standard InChI is InChI=1S/C12H11NS/c13-10-6-8-12(9-7-10)14-11-4-2-1-3-5-11/h1-9H,13H2/p+1. The summed E-state index contributed by atoms with van der Waals surface area (Å²) in [6, 6.07) is 18.6. The van der Waals surface area contributed by atoms with Crippen LogP contribution in [0.4, 0.5) is 5.69 Å². The van der Waals surface area contributed by atoms with Gasteiger partial charge in [-0.3, -0.25) is 0 Å². The zero-order valence-electron chi connectivity index (χ0n) is 7.81. The van der Waals surface area contributed by atoms with Crippen LogP contribution in [0.15, 0.2) is 64.4 Å². The Hall–Kier alpha value is -1.25. The van der Waals surface area contributed by atoms with Crippen LogP contribution in [0.1, 0.15) is 0 Å². The van der Waals surface area contributed by atoms with Gasteiger partial charge in [0, 0.05) is 9.79 Å². The van der Waals surface area contributed by atoms with Crippen molar-refractivity contribution >= 4 is 17.4 Å². The predicted molar refractivity (Wildman–Crippen MR) is 59.6 cm³/mol. The molecule has 0 heterocycles. The molecule has 2 aromatic rings. The van der Waals surface area contributed by atoms with Gasteiger partial charge in [0.2, 0.25) is 0 Å². The Bertz CT molecular complexity index is 394. The van der Waals surface area contributed by atoms with Crippen LogP contribution in [-0.2, 0) is 0 Å². The summed E-state index contributed by atoms with van der Waals surface area (Å²) < 4.78 is 0. The van der Waals surface area contributed by atoms with Gasteiger partial charge in [-0.05, 0) is 36.4 Å². The molecule has 0 aliphatic rings. The van der Waals surface area contributed by atoms with Gasteiger partial charge in [0.15, 0.2) is 0 Å². The number of quaternary nitrogens is 1. The van der Waals surface area contributed by atoms with E-state index >= 15 is 0 Å². The highest BCUT2D eigenvalue weighted by Crippen LogP contribution is 2.27. The van der Waals surface area contributed by atoms with Crippen LogP contribution in [0, 0.1) is 0 Å². The molecule has 0 atom stereocenters. The summed E-state index contributed by atoms with van der Waals surface area (Å²) in [4.78, 5) is 2.52. The summed E-state index contributed by atoms with van der Waals surface area (Å²) in [6.45, 7) is 0. The predicted octanol–water partition coefficient (Wildman–Crippen LogP) is 2.71. The summed E-state index contributed by atoms with van der Waals surface area (Å²) in [5.74, 6) is 0. The van der Waals surface area contributed by atoms with Crippen molar-refractivity contribution in [2.24, 2.45) is 0 Å². The summed E-state index contributed by atoms with van der Waals surface area (Å²) in [5.41, 5.74) is 4.92. The normalized spacial score (nSPS) is 10.1. The molecule has 0 aliphatic carbocycles. The molecule has 0 aliphatic heterocycles. The van der Waals surface area contributed by atoms with Crippen LogP contribution < -0.4 is 5.73 Å². The lowest BCUT2D eigenvalue weighted by molar-refractivity contribution is -0.254. The van der Waals surface area contributed by atoms with Gasteiger partial charge >= 0.3 is 0 Å². The molecule has 0 radical (unpaired) electrons. The minimum atomic E-state index is 1.06. The Labute approximate surface area is 88.0 Å². The van der Waals surface area contributed by atoms with Crippen LogP contribution in [0.2, 0.25) is 0 Å². The Balaban J connectivity index is 2.16. The Morgan fingerprint density at radius 1 is 0.714 bits per heavy atom. The highest BCUT2D eigenvalue weighted by atomic mass is 32.2. The Morgan fingerprint density at radius 2 is 1.29 bits per heavy atom. The topological polar surface area (TPSA) is 27.6 Å². The van der Waals surface area contributed by atoms with Crippen molar-refractivity contribution in [1.82, 2.24) is 0 Å². The second-order valence-electron chi connectivity index (χ2n) is 3.06. The van der Waals surface area contributed by atoms with E-state index in [0.717, 1.165) is 5.69 Å². The fourth-order valence-corrected chi connectivity index (χ4v) is 2.02. The molecule has 0 saturated heterocycles. The van der Waals surface area contributed by atoms with Gasteiger partial charge in [-0.1, -0.05) is 30.0 Å². The Kier molecular flexibility index (Phi) is 2.87. The third-order valence-corrected chi connectivity index (χ3v) is 2.92. The van der Waals surface area contributed by atoms with Crippen molar-refractivity contribution in [3.63, 3.8) is 0 Å². The van der Waals surface area contributed by atoms with E-state index in [1.165, 1.54) is 9.79 Å². The molecule has 0 spiro atoms. The number of benzene rings is 2. The van der Waals surface area contributed by atoms with Crippen LogP contribution in [-0.4, -0.2) is 0 Å². The molecule has 0 bridgehead atoms. The first-order valence-corrected chi connectivity index (χ1v) is 5.31. The zero-order chi connectivity index (χ0) is 9.80. The van der Waals surface area contributed by atoms with Crippen molar-refractivity contribution in [2.45, 2.75) is 9.79 Å². The molecule has 0 fully saturated rings. The Morgan fingerprint density at radius 3 is 1.93 bits per heavy atom. The maximum atomic E-state index is 3.86. The highest BCUT2D eigenvalue weighted by molar-refractivity contribution is 7.99.